The average molecular weight is 392 g/mol. The summed E-state index contributed by atoms with van der Waals surface area (Å²) in [6.45, 7) is 6.45. The van der Waals surface area contributed by atoms with Crippen LogP contribution in [-0.2, 0) is 0 Å². The largest absolute Gasteiger partial charge is 0.494 e. The number of benzene rings is 2. The molecule has 0 aliphatic rings. The first-order valence-electron chi connectivity index (χ1n) is 9.01. The fourth-order valence-electron chi connectivity index (χ4n) is 2.91. The van der Waals surface area contributed by atoms with Crippen molar-refractivity contribution >= 4 is 32.9 Å². The Morgan fingerprint density at radius 1 is 1.21 bits per heavy atom. The van der Waals surface area contributed by atoms with Crippen molar-refractivity contribution in [1.82, 2.24) is 14.8 Å². The van der Waals surface area contributed by atoms with Gasteiger partial charge in [0.2, 0.25) is 5.13 Å². The van der Waals surface area contributed by atoms with E-state index in [-0.39, 0.29) is 5.56 Å². The van der Waals surface area contributed by atoms with Gasteiger partial charge < -0.3 is 4.74 Å². The zero-order valence-corrected chi connectivity index (χ0v) is 16.7. The van der Waals surface area contributed by atoms with E-state index in [1.807, 2.05) is 63.2 Å². The number of nitrogens with one attached hydrogen (secondary N) is 1. The number of hydrogen-bond donors (Lipinski definition) is 1. The molecular formula is C21H20N4O2S. The van der Waals surface area contributed by atoms with Crippen molar-refractivity contribution in [3.8, 4) is 11.4 Å². The molecule has 0 fully saturated rings. The molecule has 0 unspecified atom stereocenters. The van der Waals surface area contributed by atoms with Crippen molar-refractivity contribution in [2.24, 2.45) is 4.99 Å². The lowest BCUT2D eigenvalue weighted by atomic mass is 10.2. The number of ether oxygens (including phenoxy) is 1. The van der Waals surface area contributed by atoms with Gasteiger partial charge in [-0.3, -0.25) is 9.89 Å². The molecule has 0 aliphatic carbocycles. The van der Waals surface area contributed by atoms with Gasteiger partial charge in [-0.25, -0.2) is 14.7 Å². The molecule has 142 valence electrons. The molecule has 0 spiro atoms. The Morgan fingerprint density at radius 2 is 2.00 bits per heavy atom. The summed E-state index contributed by atoms with van der Waals surface area (Å²) >= 11 is 1.46. The molecule has 28 heavy (non-hydrogen) atoms. The summed E-state index contributed by atoms with van der Waals surface area (Å²) in [7, 11) is 0. The van der Waals surface area contributed by atoms with Crippen LogP contribution in [0.2, 0.25) is 0 Å². The average Bonchev–Trinajstić information content (AvgIpc) is 3.21. The maximum atomic E-state index is 12.8. The van der Waals surface area contributed by atoms with E-state index in [0.29, 0.717) is 17.3 Å². The first kappa shape index (κ1) is 18.2. The van der Waals surface area contributed by atoms with Crippen LogP contribution < -0.4 is 10.3 Å². The first-order valence-corrected chi connectivity index (χ1v) is 9.83. The van der Waals surface area contributed by atoms with Gasteiger partial charge in [-0.2, -0.15) is 0 Å². The second kappa shape index (κ2) is 7.44. The third-order valence-corrected chi connectivity index (χ3v) is 5.30. The number of fused-ring (bicyclic) bond motifs is 1. The molecule has 0 atom stereocenters. The third-order valence-electron chi connectivity index (χ3n) is 4.37. The zero-order chi connectivity index (χ0) is 19.7. The number of thiazole rings is 1. The van der Waals surface area contributed by atoms with Crippen LogP contribution in [0.15, 0.2) is 52.3 Å². The SMILES string of the molecule is CCOc1ccc2nc(/N=C/c3c(C)[nH]n(-c4ccc(C)cc4)c3=O)sc2c1. The van der Waals surface area contributed by atoms with Gasteiger partial charge in [0.25, 0.3) is 5.56 Å². The number of aromatic nitrogens is 3. The van der Waals surface area contributed by atoms with Crippen LogP contribution in [-0.4, -0.2) is 27.6 Å². The Kier molecular flexibility index (Phi) is 4.83. The molecule has 4 aromatic rings. The Balaban J connectivity index is 1.65. The van der Waals surface area contributed by atoms with Crippen molar-refractivity contribution in [2.45, 2.75) is 20.8 Å². The van der Waals surface area contributed by atoms with E-state index in [4.69, 9.17) is 4.74 Å². The zero-order valence-electron chi connectivity index (χ0n) is 15.9. The molecule has 0 saturated carbocycles. The summed E-state index contributed by atoms with van der Waals surface area (Å²) in [6, 6.07) is 13.6. The molecular weight excluding hydrogens is 372 g/mol. The van der Waals surface area contributed by atoms with Crippen molar-refractivity contribution in [3.05, 3.63) is 69.6 Å². The van der Waals surface area contributed by atoms with E-state index in [0.717, 1.165) is 32.9 Å². The van der Waals surface area contributed by atoms with Gasteiger partial charge >= 0.3 is 0 Å². The summed E-state index contributed by atoms with van der Waals surface area (Å²) < 4.78 is 8.06. The summed E-state index contributed by atoms with van der Waals surface area (Å²) in [4.78, 5) is 21.7. The van der Waals surface area contributed by atoms with E-state index in [1.165, 1.54) is 16.0 Å². The molecule has 2 heterocycles. The van der Waals surface area contributed by atoms with Gasteiger partial charge in [0.05, 0.1) is 28.1 Å². The van der Waals surface area contributed by atoms with Crippen LogP contribution in [0.4, 0.5) is 5.13 Å². The Bertz CT molecular complexity index is 1220. The molecule has 4 rings (SSSR count). The van der Waals surface area contributed by atoms with Crippen molar-refractivity contribution in [3.63, 3.8) is 0 Å². The van der Waals surface area contributed by atoms with Crippen molar-refractivity contribution in [2.75, 3.05) is 6.61 Å². The number of aliphatic imine (C=N–C) groups is 1. The third kappa shape index (κ3) is 3.48. The lowest BCUT2D eigenvalue weighted by molar-refractivity contribution is 0.341. The first-order chi connectivity index (χ1) is 13.5. The van der Waals surface area contributed by atoms with Crippen LogP contribution in [0.3, 0.4) is 0 Å². The van der Waals surface area contributed by atoms with Gasteiger partial charge in [-0.15, -0.1) is 0 Å². The number of aryl methyl sites for hydroxylation is 2. The molecule has 1 N–H and O–H groups in total. The van der Waals surface area contributed by atoms with Crippen molar-refractivity contribution in [1.29, 1.82) is 0 Å². The highest BCUT2D eigenvalue weighted by molar-refractivity contribution is 7.22. The second-order valence-corrected chi connectivity index (χ2v) is 7.45. The van der Waals surface area contributed by atoms with Crippen LogP contribution in [0.25, 0.3) is 15.9 Å². The fraction of sp³-hybridized carbons (Fsp3) is 0.190. The van der Waals surface area contributed by atoms with Gasteiger partial charge in [-0.05, 0) is 51.1 Å². The van der Waals surface area contributed by atoms with Crippen LogP contribution in [0.1, 0.15) is 23.7 Å². The lowest BCUT2D eigenvalue weighted by Gasteiger charge is -2.01. The summed E-state index contributed by atoms with van der Waals surface area (Å²) in [6.07, 6.45) is 1.58. The smallest absolute Gasteiger partial charge is 0.280 e. The quantitative estimate of drug-likeness (QED) is 0.507. The maximum Gasteiger partial charge on any atom is 0.280 e. The van der Waals surface area contributed by atoms with E-state index in [2.05, 4.69) is 15.1 Å². The Morgan fingerprint density at radius 3 is 2.75 bits per heavy atom. The highest BCUT2D eigenvalue weighted by Crippen LogP contribution is 2.30. The number of hydrogen-bond acceptors (Lipinski definition) is 5. The number of aromatic amines is 1. The van der Waals surface area contributed by atoms with Gasteiger partial charge in [0.15, 0.2) is 0 Å². The molecule has 0 aliphatic heterocycles. The van der Waals surface area contributed by atoms with Crippen LogP contribution >= 0.6 is 11.3 Å². The van der Waals surface area contributed by atoms with Gasteiger partial charge in [0, 0.05) is 11.9 Å². The normalized spacial score (nSPS) is 11.5. The fourth-order valence-corrected chi connectivity index (χ4v) is 3.75. The summed E-state index contributed by atoms with van der Waals surface area (Å²) in [5.41, 5.74) is 3.95. The van der Waals surface area contributed by atoms with Crippen LogP contribution in [0.5, 0.6) is 5.75 Å². The lowest BCUT2D eigenvalue weighted by Crippen LogP contribution is -2.17. The minimum Gasteiger partial charge on any atom is -0.494 e. The summed E-state index contributed by atoms with van der Waals surface area (Å²) in [5, 5.41) is 3.71. The molecule has 0 amide bonds. The van der Waals surface area contributed by atoms with E-state index >= 15 is 0 Å². The second-order valence-electron chi connectivity index (χ2n) is 6.44. The van der Waals surface area contributed by atoms with Gasteiger partial charge in [-0.1, -0.05) is 29.0 Å². The number of H-pyrrole nitrogens is 1. The monoisotopic (exact) mass is 392 g/mol. The van der Waals surface area contributed by atoms with Crippen LogP contribution in [0, 0.1) is 13.8 Å². The van der Waals surface area contributed by atoms with E-state index in [1.54, 1.807) is 6.21 Å². The van der Waals surface area contributed by atoms with E-state index < -0.39 is 0 Å². The minimum atomic E-state index is -0.134. The molecule has 0 radical (unpaired) electrons. The minimum absolute atomic E-state index is 0.134. The highest BCUT2D eigenvalue weighted by Gasteiger charge is 2.11. The number of rotatable bonds is 5. The maximum absolute atomic E-state index is 12.8. The molecule has 6 nitrogen and oxygen atoms in total. The molecule has 0 saturated heterocycles. The Labute approximate surface area is 166 Å². The van der Waals surface area contributed by atoms with Gasteiger partial charge in [0.1, 0.15) is 5.75 Å². The predicted octanol–water partition coefficient (Wildman–Crippen LogP) is 4.54. The van der Waals surface area contributed by atoms with E-state index in [9.17, 15) is 4.79 Å². The highest BCUT2D eigenvalue weighted by atomic mass is 32.1. The van der Waals surface area contributed by atoms with Crippen molar-refractivity contribution < 1.29 is 4.74 Å². The predicted molar refractivity (Wildman–Crippen MR) is 114 cm³/mol. The molecule has 2 aromatic carbocycles. The standard InChI is InChI=1S/C21H20N4O2S/c1-4-27-16-9-10-18-19(11-16)28-21(23-18)22-12-17-14(3)24-25(20(17)26)15-7-5-13(2)6-8-15/h5-12,24H,4H2,1-3H3/b22-12+. The summed E-state index contributed by atoms with van der Waals surface area (Å²) in [5.74, 6) is 0.816. The molecule has 2 aromatic heterocycles. The Hall–Kier alpha value is -3.19. The topological polar surface area (TPSA) is 72.3 Å². The molecule has 7 heteroatoms. The number of nitrogens with zero attached hydrogens (tertiary/aromatic N) is 3. The molecule has 0 bridgehead atoms.